The Morgan fingerprint density at radius 3 is 2.65 bits per heavy atom. The van der Waals surface area contributed by atoms with E-state index in [-0.39, 0.29) is 25.0 Å². The lowest BCUT2D eigenvalue weighted by Crippen LogP contribution is -2.38. The summed E-state index contributed by atoms with van der Waals surface area (Å²) >= 11 is 0. The Balaban J connectivity index is 1.95. The second kappa shape index (κ2) is 8.70. The van der Waals surface area contributed by atoms with Gasteiger partial charge in [0.25, 0.3) is 0 Å². The van der Waals surface area contributed by atoms with Crippen molar-refractivity contribution in [2.75, 3.05) is 13.2 Å². The summed E-state index contributed by atoms with van der Waals surface area (Å²) in [6.07, 6.45) is 3.08. The maximum absolute atomic E-state index is 13.1. The van der Waals surface area contributed by atoms with Gasteiger partial charge in [-0.2, -0.15) is 0 Å². The molecule has 0 aliphatic heterocycles. The minimum atomic E-state index is -0.329. The quantitative estimate of drug-likeness (QED) is 0.861. The van der Waals surface area contributed by atoms with E-state index in [0.29, 0.717) is 12.1 Å². The van der Waals surface area contributed by atoms with Gasteiger partial charge in [0.2, 0.25) is 0 Å². The molecule has 2 N–H and O–H groups in total. The first-order valence-corrected chi connectivity index (χ1v) is 7.31. The Morgan fingerprint density at radius 1 is 1.17 bits per heavy atom. The summed E-state index contributed by atoms with van der Waals surface area (Å²) < 4.78 is 13.1. The molecule has 0 aromatic heterocycles. The van der Waals surface area contributed by atoms with E-state index in [1.54, 1.807) is 18.2 Å². The average molecular weight is 314 g/mol. The fourth-order valence-electron chi connectivity index (χ4n) is 2.09. The number of amides is 2. The third kappa shape index (κ3) is 5.56. The highest BCUT2D eigenvalue weighted by molar-refractivity contribution is 5.76. The van der Waals surface area contributed by atoms with E-state index >= 15 is 0 Å². The molecule has 0 saturated heterocycles. The molecule has 0 atom stereocenters. The number of hydrogen-bond donors (Lipinski definition) is 2. The zero-order valence-corrected chi connectivity index (χ0v) is 12.7. The van der Waals surface area contributed by atoms with Crippen LogP contribution in [0.5, 0.6) is 0 Å². The van der Waals surface area contributed by atoms with Gasteiger partial charge >= 0.3 is 6.03 Å². The highest BCUT2D eigenvalue weighted by Crippen LogP contribution is 2.06. The fourth-order valence-corrected chi connectivity index (χ4v) is 2.09. The SMILES string of the molecule is O=C(N/C=C/c1cccc(F)c1)N(CCO)Cc1ccccc1. The van der Waals surface area contributed by atoms with Crippen LogP contribution >= 0.6 is 0 Å². The molecule has 0 saturated carbocycles. The number of nitrogens with one attached hydrogen (secondary N) is 1. The van der Waals surface area contributed by atoms with E-state index in [2.05, 4.69) is 5.32 Å². The van der Waals surface area contributed by atoms with E-state index in [1.165, 1.54) is 23.2 Å². The first-order chi connectivity index (χ1) is 11.2. The normalized spacial score (nSPS) is 10.7. The molecular weight excluding hydrogens is 295 g/mol. The summed E-state index contributed by atoms with van der Waals surface area (Å²) in [4.78, 5) is 13.7. The van der Waals surface area contributed by atoms with Gasteiger partial charge in [0.15, 0.2) is 0 Å². The van der Waals surface area contributed by atoms with Gasteiger partial charge in [0, 0.05) is 19.3 Å². The van der Waals surface area contributed by atoms with Crippen molar-refractivity contribution < 1.29 is 14.3 Å². The monoisotopic (exact) mass is 314 g/mol. The first-order valence-electron chi connectivity index (χ1n) is 7.31. The van der Waals surface area contributed by atoms with Crippen LogP contribution in [0.4, 0.5) is 9.18 Å². The summed E-state index contributed by atoms with van der Waals surface area (Å²) in [5.74, 6) is -0.329. The van der Waals surface area contributed by atoms with Gasteiger partial charge in [-0.15, -0.1) is 0 Å². The van der Waals surface area contributed by atoms with E-state index in [1.807, 2.05) is 30.3 Å². The molecule has 0 spiro atoms. The second-order valence-corrected chi connectivity index (χ2v) is 4.97. The van der Waals surface area contributed by atoms with Crippen LogP contribution in [0.25, 0.3) is 6.08 Å². The van der Waals surface area contributed by atoms with Crippen LogP contribution in [-0.2, 0) is 6.54 Å². The number of benzene rings is 2. The van der Waals surface area contributed by atoms with Crippen molar-refractivity contribution in [1.29, 1.82) is 0 Å². The summed E-state index contributed by atoms with van der Waals surface area (Å²) in [6, 6.07) is 15.3. The summed E-state index contributed by atoms with van der Waals surface area (Å²) in [7, 11) is 0. The van der Waals surface area contributed by atoms with Crippen LogP contribution < -0.4 is 5.32 Å². The van der Waals surface area contributed by atoms with Crippen LogP contribution in [0.2, 0.25) is 0 Å². The predicted octanol–water partition coefficient (Wildman–Crippen LogP) is 3.00. The lowest BCUT2D eigenvalue weighted by atomic mass is 10.2. The topological polar surface area (TPSA) is 52.6 Å². The number of carbonyl (C=O) groups excluding carboxylic acids is 1. The average Bonchev–Trinajstić information content (AvgIpc) is 2.55. The van der Waals surface area contributed by atoms with Gasteiger partial charge in [-0.3, -0.25) is 0 Å². The minimum absolute atomic E-state index is 0.117. The molecule has 0 radical (unpaired) electrons. The molecule has 0 unspecified atom stereocenters. The van der Waals surface area contributed by atoms with Crippen molar-refractivity contribution in [3.05, 3.63) is 77.7 Å². The molecule has 4 nitrogen and oxygen atoms in total. The van der Waals surface area contributed by atoms with Crippen LogP contribution in [0.15, 0.2) is 60.8 Å². The van der Waals surface area contributed by atoms with Crippen molar-refractivity contribution in [3.63, 3.8) is 0 Å². The smallest absolute Gasteiger partial charge is 0.321 e. The van der Waals surface area contributed by atoms with Gasteiger partial charge in [-0.25, -0.2) is 9.18 Å². The minimum Gasteiger partial charge on any atom is -0.395 e. The first kappa shape index (κ1) is 16.7. The zero-order valence-electron chi connectivity index (χ0n) is 12.7. The van der Waals surface area contributed by atoms with Crippen molar-refractivity contribution in [2.24, 2.45) is 0 Å². The molecule has 2 rings (SSSR count). The van der Waals surface area contributed by atoms with Crippen LogP contribution in [0.1, 0.15) is 11.1 Å². The third-order valence-electron chi connectivity index (χ3n) is 3.20. The molecular formula is C18H19FN2O2. The van der Waals surface area contributed by atoms with E-state index in [0.717, 1.165) is 5.56 Å². The van der Waals surface area contributed by atoms with E-state index in [9.17, 15) is 9.18 Å². The second-order valence-electron chi connectivity index (χ2n) is 4.97. The number of halogens is 1. The van der Waals surface area contributed by atoms with Crippen molar-refractivity contribution in [2.45, 2.75) is 6.54 Å². The lowest BCUT2D eigenvalue weighted by molar-refractivity contribution is 0.177. The molecule has 2 aromatic rings. The number of nitrogens with zero attached hydrogens (tertiary/aromatic N) is 1. The van der Waals surface area contributed by atoms with Crippen LogP contribution in [0, 0.1) is 5.82 Å². The predicted molar refractivity (Wildman–Crippen MR) is 87.9 cm³/mol. The third-order valence-corrected chi connectivity index (χ3v) is 3.20. The fraction of sp³-hybridized carbons (Fsp3) is 0.167. The molecule has 2 aromatic carbocycles. The number of aliphatic hydroxyl groups is 1. The highest BCUT2D eigenvalue weighted by atomic mass is 19.1. The van der Waals surface area contributed by atoms with Crippen molar-refractivity contribution in [3.8, 4) is 0 Å². The lowest BCUT2D eigenvalue weighted by Gasteiger charge is -2.21. The molecule has 0 heterocycles. The molecule has 0 bridgehead atoms. The van der Waals surface area contributed by atoms with Gasteiger partial charge in [-0.1, -0.05) is 42.5 Å². The number of aliphatic hydroxyl groups excluding tert-OH is 1. The Morgan fingerprint density at radius 2 is 1.96 bits per heavy atom. The molecule has 0 aliphatic carbocycles. The molecule has 5 heteroatoms. The maximum atomic E-state index is 13.1. The number of urea groups is 1. The van der Waals surface area contributed by atoms with Gasteiger partial charge in [0.05, 0.1) is 6.61 Å². The van der Waals surface area contributed by atoms with Crippen LogP contribution in [0.3, 0.4) is 0 Å². The van der Waals surface area contributed by atoms with Crippen molar-refractivity contribution >= 4 is 12.1 Å². The van der Waals surface area contributed by atoms with Crippen LogP contribution in [-0.4, -0.2) is 29.2 Å². The highest BCUT2D eigenvalue weighted by Gasteiger charge is 2.11. The largest absolute Gasteiger partial charge is 0.395 e. The molecule has 23 heavy (non-hydrogen) atoms. The molecule has 120 valence electrons. The summed E-state index contributed by atoms with van der Waals surface area (Å²) in [6.45, 7) is 0.517. The Labute approximate surface area is 134 Å². The maximum Gasteiger partial charge on any atom is 0.321 e. The zero-order chi connectivity index (χ0) is 16.5. The number of rotatable bonds is 6. The Kier molecular flexibility index (Phi) is 6.32. The van der Waals surface area contributed by atoms with Gasteiger partial charge in [0.1, 0.15) is 5.82 Å². The molecule has 0 fully saturated rings. The van der Waals surface area contributed by atoms with Gasteiger partial charge < -0.3 is 15.3 Å². The molecule has 2 amide bonds. The van der Waals surface area contributed by atoms with E-state index in [4.69, 9.17) is 5.11 Å². The Bertz CT molecular complexity index is 659. The summed E-state index contributed by atoms with van der Waals surface area (Å²) in [5.41, 5.74) is 1.63. The summed E-state index contributed by atoms with van der Waals surface area (Å²) in [5, 5.41) is 11.7. The number of carbonyl (C=O) groups is 1. The molecule has 0 aliphatic rings. The van der Waals surface area contributed by atoms with E-state index < -0.39 is 0 Å². The van der Waals surface area contributed by atoms with Crippen molar-refractivity contribution in [1.82, 2.24) is 10.2 Å². The number of hydrogen-bond acceptors (Lipinski definition) is 2. The Hall–Kier alpha value is -2.66. The standard InChI is InChI=1S/C18H19FN2O2/c19-17-8-4-7-15(13-17)9-10-20-18(23)21(11-12-22)14-16-5-2-1-3-6-16/h1-10,13,22H,11-12,14H2,(H,20,23)/b10-9+. The van der Waals surface area contributed by atoms with Gasteiger partial charge in [-0.05, 0) is 29.3 Å².